The minimum absolute atomic E-state index is 0.0313. The van der Waals surface area contributed by atoms with Crippen molar-refractivity contribution in [1.29, 1.82) is 0 Å². The fourth-order valence-corrected chi connectivity index (χ4v) is 3.67. The molecule has 1 saturated carbocycles. The van der Waals surface area contributed by atoms with Crippen molar-refractivity contribution >= 4 is 17.7 Å². The first-order valence-electron chi connectivity index (χ1n) is 6.74. The van der Waals surface area contributed by atoms with Crippen LogP contribution in [0.25, 0.3) is 0 Å². The summed E-state index contributed by atoms with van der Waals surface area (Å²) in [5.74, 6) is 2.54. The summed E-state index contributed by atoms with van der Waals surface area (Å²) in [7, 11) is 0. The molecule has 3 atom stereocenters. The van der Waals surface area contributed by atoms with Crippen LogP contribution in [0.15, 0.2) is 16.5 Å². The SMILES string of the molecule is CSCc1ccc(C(=O)N2C[C@H]3CC[C@@H](C2)C3O)o1. The lowest BCUT2D eigenvalue weighted by Gasteiger charge is -2.34. The zero-order valence-electron chi connectivity index (χ0n) is 11.0. The van der Waals surface area contributed by atoms with Crippen molar-refractivity contribution in [3.63, 3.8) is 0 Å². The monoisotopic (exact) mass is 281 g/mol. The number of nitrogens with zero attached hydrogens (tertiary/aromatic N) is 1. The van der Waals surface area contributed by atoms with Gasteiger partial charge in [0.25, 0.3) is 5.91 Å². The van der Waals surface area contributed by atoms with Gasteiger partial charge in [-0.3, -0.25) is 4.79 Å². The van der Waals surface area contributed by atoms with Crippen LogP contribution in [-0.4, -0.2) is 41.4 Å². The molecule has 1 amide bonds. The molecule has 1 N–H and O–H groups in total. The number of rotatable bonds is 3. The van der Waals surface area contributed by atoms with Crippen molar-refractivity contribution in [2.24, 2.45) is 11.8 Å². The van der Waals surface area contributed by atoms with Gasteiger partial charge >= 0.3 is 0 Å². The lowest BCUT2D eigenvalue weighted by molar-refractivity contribution is 0.0151. The minimum atomic E-state index is -0.215. The average Bonchev–Trinajstić information content (AvgIpc) is 2.91. The second-order valence-corrected chi connectivity index (χ2v) is 6.36. The number of aliphatic hydroxyl groups excluding tert-OH is 1. The van der Waals surface area contributed by atoms with Gasteiger partial charge in [-0.25, -0.2) is 0 Å². The predicted molar refractivity (Wildman–Crippen MR) is 74.1 cm³/mol. The van der Waals surface area contributed by atoms with E-state index in [1.54, 1.807) is 17.8 Å². The van der Waals surface area contributed by atoms with E-state index in [0.717, 1.165) is 24.4 Å². The maximum absolute atomic E-state index is 12.4. The highest BCUT2D eigenvalue weighted by Gasteiger charge is 2.42. The third-order valence-electron chi connectivity index (χ3n) is 4.23. The van der Waals surface area contributed by atoms with E-state index < -0.39 is 0 Å². The van der Waals surface area contributed by atoms with Gasteiger partial charge in [0.15, 0.2) is 5.76 Å². The first-order chi connectivity index (χ1) is 9.19. The van der Waals surface area contributed by atoms with Crippen molar-refractivity contribution in [1.82, 2.24) is 4.90 Å². The van der Waals surface area contributed by atoms with Crippen molar-refractivity contribution < 1.29 is 14.3 Å². The van der Waals surface area contributed by atoms with Gasteiger partial charge < -0.3 is 14.4 Å². The molecule has 1 aliphatic carbocycles. The zero-order valence-corrected chi connectivity index (χ0v) is 11.9. The number of thioether (sulfide) groups is 1. The molecule has 1 aromatic heterocycles. The normalized spacial score (nSPS) is 29.8. The number of carbonyl (C=O) groups excluding carboxylic acids is 1. The molecule has 1 aliphatic heterocycles. The molecule has 104 valence electrons. The van der Waals surface area contributed by atoms with Crippen molar-refractivity contribution in [2.75, 3.05) is 19.3 Å². The number of fused-ring (bicyclic) bond motifs is 2. The van der Waals surface area contributed by atoms with Crippen molar-refractivity contribution in [2.45, 2.75) is 24.7 Å². The summed E-state index contributed by atoms with van der Waals surface area (Å²) in [5, 5.41) is 9.99. The molecule has 2 fully saturated rings. The van der Waals surface area contributed by atoms with Gasteiger partial charge in [-0.2, -0.15) is 11.8 Å². The second-order valence-electron chi connectivity index (χ2n) is 5.50. The Morgan fingerprint density at radius 3 is 2.74 bits per heavy atom. The molecular weight excluding hydrogens is 262 g/mol. The summed E-state index contributed by atoms with van der Waals surface area (Å²) in [5.41, 5.74) is 0. The van der Waals surface area contributed by atoms with Crippen LogP contribution in [0, 0.1) is 11.8 Å². The van der Waals surface area contributed by atoms with Gasteiger partial charge in [0.2, 0.25) is 0 Å². The number of likely N-dealkylation sites (tertiary alicyclic amines) is 1. The van der Waals surface area contributed by atoms with Crippen molar-refractivity contribution in [3.8, 4) is 0 Å². The molecule has 2 bridgehead atoms. The van der Waals surface area contributed by atoms with E-state index in [1.165, 1.54) is 0 Å². The maximum Gasteiger partial charge on any atom is 0.289 e. The van der Waals surface area contributed by atoms with Gasteiger partial charge in [0.05, 0.1) is 11.9 Å². The molecule has 3 rings (SSSR count). The Morgan fingerprint density at radius 2 is 2.11 bits per heavy atom. The number of aliphatic hydroxyl groups is 1. The molecule has 2 aliphatic rings. The van der Waals surface area contributed by atoms with Gasteiger partial charge in [-0.1, -0.05) is 0 Å². The highest BCUT2D eigenvalue weighted by atomic mass is 32.2. The fourth-order valence-electron chi connectivity index (χ4n) is 3.23. The van der Waals surface area contributed by atoms with Crippen LogP contribution >= 0.6 is 11.8 Å². The van der Waals surface area contributed by atoms with E-state index >= 15 is 0 Å². The lowest BCUT2D eigenvalue weighted by Crippen LogP contribution is -2.47. The van der Waals surface area contributed by atoms with E-state index in [9.17, 15) is 9.90 Å². The van der Waals surface area contributed by atoms with E-state index in [2.05, 4.69) is 0 Å². The third-order valence-corrected chi connectivity index (χ3v) is 4.80. The molecule has 1 unspecified atom stereocenters. The number of hydrogen-bond acceptors (Lipinski definition) is 4. The molecule has 1 saturated heterocycles. The van der Waals surface area contributed by atoms with Gasteiger partial charge in [-0.15, -0.1) is 0 Å². The van der Waals surface area contributed by atoms with Crippen LogP contribution in [0.5, 0.6) is 0 Å². The minimum Gasteiger partial charge on any atom is -0.455 e. The lowest BCUT2D eigenvalue weighted by atomic mass is 9.95. The number of furan rings is 1. The van der Waals surface area contributed by atoms with Gasteiger partial charge in [-0.05, 0) is 31.2 Å². The summed E-state index contributed by atoms with van der Waals surface area (Å²) in [4.78, 5) is 14.2. The molecule has 2 heterocycles. The Morgan fingerprint density at radius 1 is 1.42 bits per heavy atom. The fraction of sp³-hybridized carbons (Fsp3) is 0.643. The number of hydrogen-bond donors (Lipinski definition) is 1. The highest BCUT2D eigenvalue weighted by Crippen LogP contribution is 2.37. The first kappa shape index (κ1) is 13.1. The predicted octanol–water partition coefficient (Wildman–Crippen LogP) is 1.99. The maximum atomic E-state index is 12.4. The number of piperidine rings is 1. The molecule has 0 radical (unpaired) electrons. The Hall–Kier alpha value is -0.940. The van der Waals surface area contributed by atoms with Crippen LogP contribution in [0.1, 0.15) is 29.2 Å². The van der Waals surface area contributed by atoms with Crippen LogP contribution in [0.4, 0.5) is 0 Å². The summed E-state index contributed by atoms with van der Waals surface area (Å²) in [6.07, 6.45) is 3.86. The topological polar surface area (TPSA) is 53.7 Å². The van der Waals surface area contributed by atoms with Crippen LogP contribution < -0.4 is 0 Å². The van der Waals surface area contributed by atoms with Crippen LogP contribution in [0.2, 0.25) is 0 Å². The summed E-state index contributed by atoms with van der Waals surface area (Å²) in [6.45, 7) is 1.32. The average molecular weight is 281 g/mol. The molecular formula is C14H19NO3S. The van der Waals surface area contributed by atoms with E-state index in [-0.39, 0.29) is 23.8 Å². The quantitative estimate of drug-likeness (QED) is 0.920. The van der Waals surface area contributed by atoms with E-state index in [0.29, 0.717) is 18.8 Å². The molecule has 0 aromatic carbocycles. The molecule has 1 aromatic rings. The highest BCUT2D eigenvalue weighted by molar-refractivity contribution is 7.97. The van der Waals surface area contributed by atoms with Gasteiger partial charge in [0, 0.05) is 24.9 Å². The molecule has 19 heavy (non-hydrogen) atoms. The zero-order chi connectivity index (χ0) is 13.4. The number of carbonyl (C=O) groups is 1. The van der Waals surface area contributed by atoms with Crippen LogP contribution in [-0.2, 0) is 5.75 Å². The third kappa shape index (κ3) is 2.41. The Bertz CT molecular complexity index is 459. The Balaban J connectivity index is 1.70. The standard InChI is InChI=1S/C14H19NO3S/c1-19-8-11-4-5-12(18-11)14(17)15-6-9-2-3-10(7-15)13(9)16/h4-5,9-10,13,16H,2-3,6-8H2,1H3/t9-,10+,13?. The second kappa shape index (κ2) is 5.21. The smallest absolute Gasteiger partial charge is 0.289 e. The summed E-state index contributed by atoms with van der Waals surface area (Å²) in [6, 6.07) is 3.64. The van der Waals surface area contributed by atoms with E-state index in [4.69, 9.17) is 4.42 Å². The molecule has 0 spiro atoms. The van der Waals surface area contributed by atoms with Gasteiger partial charge in [0.1, 0.15) is 5.76 Å². The first-order valence-corrected chi connectivity index (χ1v) is 8.13. The summed E-state index contributed by atoms with van der Waals surface area (Å²) >= 11 is 1.67. The van der Waals surface area contributed by atoms with Crippen molar-refractivity contribution in [3.05, 3.63) is 23.7 Å². The van der Waals surface area contributed by atoms with E-state index in [1.807, 2.05) is 17.2 Å². The Labute approximate surface area is 117 Å². The summed E-state index contributed by atoms with van der Waals surface area (Å²) < 4.78 is 5.58. The Kier molecular flexibility index (Phi) is 3.58. The largest absolute Gasteiger partial charge is 0.455 e. The van der Waals surface area contributed by atoms with Crippen LogP contribution in [0.3, 0.4) is 0 Å². The molecule has 4 nitrogen and oxygen atoms in total. The number of amides is 1. The molecule has 5 heteroatoms.